The molecule has 3 rings (SSSR count). The quantitative estimate of drug-likeness (QED) is 0.692. The Bertz CT molecular complexity index is 831. The van der Waals surface area contributed by atoms with Crippen LogP contribution in [0.1, 0.15) is 36.9 Å². The van der Waals surface area contributed by atoms with Crippen LogP contribution in [0, 0.1) is 12.8 Å². The Hall–Kier alpha value is -2.25. The highest BCUT2D eigenvalue weighted by Crippen LogP contribution is 2.20. The summed E-state index contributed by atoms with van der Waals surface area (Å²) in [4.78, 5) is 31.2. The lowest BCUT2D eigenvalue weighted by Gasteiger charge is -2.31. The number of aromatic nitrogens is 1. The number of hydrogen-bond acceptors (Lipinski definition) is 4. The molecule has 6 nitrogen and oxygen atoms in total. The van der Waals surface area contributed by atoms with Gasteiger partial charge in [-0.25, -0.2) is 4.98 Å². The third-order valence-electron chi connectivity index (χ3n) is 5.24. The first-order valence-electron chi connectivity index (χ1n) is 9.91. The monoisotopic (exact) mass is 458 g/mol. The van der Waals surface area contributed by atoms with E-state index in [4.69, 9.17) is 0 Å². The number of aryl methyl sites for hydroxylation is 1. The number of nitrogens with one attached hydrogen (secondary N) is 2. The number of rotatable bonds is 6. The van der Waals surface area contributed by atoms with Crippen LogP contribution in [0.4, 0.5) is 5.82 Å². The van der Waals surface area contributed by atoms with Crippen molar-refractivity contribution in [1.82, 2.24) is 15.2 Å². The molecular formula is C22H27BrN4O2. The molecule has 1 fully saturated rings. The van der Waals surface area contributed by atoms with Crippen molar-refractivity contribution in [3.8, 4) is 0 Å². The van der Waals surface area contributed by atoms with E-state index in [2.05, 4.69) is 36.4 Å². The van der Waals surface area contributed by atoms with Crippen LogP contribution in [0.3, 0.4) is 0 Å². The summed E-state index contributed by atoms with van der Waals surface area (Å²) in [6, 6.07) is 11.7. The maximum absolute atomic E-state index is 12.5. The maximum atomic E-state index is 12.5. The predicted molar refractivity (Wildman–Crippen MR) is 117 cm³/mol. The van der Waals surface area contributed by atoms with Crippen LogP contribution in [-0.4, -0.2) is 41.3 Å². The van der Waals surface area contributed by atoms with E-state index in [0.717, 1.165) is 41.5 Å². The Labute approximate surface area is 180 Å². The summed E-state index contributed by atoms with van der Waals surface area (Å²) in [5.74, 6) is 0.560. The SMILES string of the molecule is Cc1ccc(NC(=O)C2CCN(CC(=O)NC(C)c3ccc(Br)cc3)CC2)nc1. The lowest BCUT2D eigenvalue weighted by molar-refractivity contribution is -0.124. The molecule has 0 spiro atoms. The maximum Gasteiger partial charge on any atom is 0.234 e. The molecule has 1 aliphatic rings. The van der Waals surface area contributed by atoms with Crippen molar-refractivity contribution >= 4 is 33.6 Å². The van der Waals surface area contributed by atoms with E-state index in [0.29, 0.717) is 12.4 Å². The molecule has 2 N–H and O–H groups in total. The van der Waals surface area contributed by atoms with Crippen LogP contribution in [0.25, 0.3) is 0 Å². The number of amides is 2. The summed E-state index contributed by atoms with van der Waals surface area (Å²) in [5, 5.41) is 5.94. The average molecular weight is 459 g/mol. The standard InChI is InChI=1S/C22H27BrN4O2/c1-15-3-8-20(24-13-15)26-22(29)18-9-11-27(12-10-18)14-21(28)25-16(2)17-4-6-19(23)7-5-17/h3-8,13,16,18H,9-12,14H2,1-2H3,(H,25,28)(H,24,26,29). The van der Waals surface area contributed by atoms with Gasteiger partial charge >= 0.3 is 0 Å². The van der Waals surface area contributed by atoms with Crippen molar-refractivity contribution in [1.29, 1.82) is 0 Å². The van der Waals surface area contributed by atoms with Gasteiger partial charge in [0, 0.05) is 16.6 Å². The Morgan fingerprint density at radius 2 is 1.86 bits per heavy atom. The number of benzene rings is 1. The van der Waals surface area contributed by atoms with Crippen LogP contribution in [0.2, 0.25) is 0 Å². The van der Waals surface area contributed by atoms with Gasteiger partial charge in [-0.3, -0.25) is 14.5 Å². The van der Waals surface area contributed by atoms with Crippen molar-refractivity contribution in [2.45, 2.75) is 32.7 Å². The molecule has 29 heavy (non-hydrogen) atoms. The van der Waals surface area contributed by atoms with Gasteiger partial charge in [0.1, 0.15) is 5.82 Å². The number of piperidine rings is 1. The Morgan fingerprint density at radius 1 is 1.17 bits per heavy atom. The average Bonchev–Trinajstić information content (AvgIpc) is 2.70. The summed E-state index contributed by atoms with van der Waals surface area (Å²) < 4.78 is 1.02. The molecule has 7 heteroatoms. The van der Waals surface area contributed by atoms with Gasteiger partial charge in [-0.15, -0.1) is 0 Å². The molecule has 1 aliphatic heterocycles. The predicted octanol–water partition coefficient (Wildman–Crippen LogP) is 3.68. The van der Waals surface area contributed by atoms with E-state index in [1.807, 2.05) is 50.2 Å². The third-order valence-corrected chi connectivity index (χ3v) is 5.76. The Balaban J connectivity index is 1.41. The molecule has 2 amide bonds. The second kappa shape index (κ2) is 9.98. The topological polar surface area (TPSA) is 74.3 Å². The molecule has 1 saturated heterocycles. The molecule has 1 aromatic carbocycles. The van der Waals surface area contributed by atoms with Crippen molar-refractivity contribution < 1.29 is 9.59 Å². The summed E-state index contributed by atoms with van der Waals surface area (Å²) in [6.45, 7) is 5.77. The summed E-state index contributed by atoms with van der Waals surface area (Å²) in [6.07, 6.45) is 3.23. The van der Waals surface area contributed by atoms with Crippen molar-refractivity contribution in [3.63, 3.8) is 0 Å². The van der Waals surface area contributed by atoms with E-state index < -0.39 is 0 Å². The number of hydrogen-bond donors (Lipinski definition) is 2. The van der Waals surface area contributed by atoms with E-state index in [-0.39, 0.29) is 23.8 Å². The fourth-order valence-corrected chi connectivity index (χ4v) is 3.71. The van der Waals surface area contributed by atoms with Crippen LogP contribution >= 0.6 is 15.9 Å². The van der Waals surface area contributed by atoms with Crippen molar-refractivity contribution in [2.75, 3.05) is 25.0 Å². The number of likely N-dealkylation sites (tertiary alicyclic amines) is 1. The van der Waals surface area contributed by atoms with Gasteiger partial charge in [0.05, 0.1) is 12.6 Å². The number of pyridine rings is 1. The highest BCUT2D eigenvalue weighted by atomic mass is 79.9. The number of anilines is 1. The summed E-state index contributed by atoms with van der Waals surface area (Å²) in [5.41, 5.74) is 2.13. The second-order valence-electron chi connectivity index (χ2n) is 7.60. The molecule has 1 aromatic heterocycles. The number of nitrogens with zero attached hydrogens (tertiary/aromatic N) is 2. The number of halogens is 1. The molecule has 1 atom stereocenters. The first-order chi connectivity index (χ1) is 13.9. The second-order valence-corrected chi connectivity index (χ2v) is 8.52. The fourth-order valence-electron chi connectivity index (χ4n) is 3.45. The molecule has 0 aliphatic carbocycles. The van der Waals surface area contributed by atoms with Crippen LogP contribution in [0.15, 0.2) is 47.1 Å². The van der Waals surface area contributed by atoms with E-state index in [9.17, 15) is 9.59 Å². The molecule has 2 aromatic rings. The zero-order valence-corrected chi connectivity index (χ0v) is 18.4. The zero-order valence-electron chi connectivity index (χ0n) is 16.8. The van der Waals surface area contributed by atoms with Crippen molar-refractivity contribution in [3.05, 3.63) is 58.2 Å². The zero-order chi connectivity index (χ0) is 20.8. The summed E-state index contributed by atoms with van der Waals surface area (Å²) >= 11 is 3.42. The minimum atomic E-state index is -0.0425. The number of carbonyl (C=O) groups excluding carboxylic acids is 2. The lowest BCUT2D eigenvalue weighted by Crippen LogP contribution is -2.43. The van der Waals surface area contributed by atoms with E-state index in [1.54, 1.807) is 6.20 Å². The van der Waals surface area contributed by atoms with E-state index in [1.165, 1.54) is 0 Å². The molecule has 0 bridgehead atoms. The van der Waals surface area contributed by atoms with Crippen LogP contribution in [0.5, 0.6) is 0 Å². The largest absolute Gasteiger partial charge is 0.348 e. The third kappa shape index (κ3) is 6.37. The van der Waals surface area contributed by atoms with Gasteiger partial charge in [-0.05, 0) is 69.1 Å². The van der Waals surface area contributed by atoms with Gasteiger partial charge < -0.3 is 10.6 Å². The van der Waals surface area contributed by atoms with Gasteiger partial charge in [0.2, 0.25) is 11.8 Å². The van der Waals surface area contributed by atoms with Crippen molar-refractivity contribution in [2.24, 2.45) is 5.92 Å². The molecule has 2 heterocycles. The Kier molecular flexibility index (Phi) is 7.39. The van der Waals surface area contributed by atoms with Gasteiger partial charge in [0.15, 0.2) is 0 Å². The van der Waals surface area contributed by atoms with Crippen LogP contribution in [-0.2, 0) is 9.59 Å². The normalized spacial score (nSPS) is 16.2. The highest BCUT2D eigenvalue weighted by Gasteiger charge is 2.26. The smallest absolute Gasteiger partial charge is 0.234 e. The molecule has 0 saturated carbocycles. The molecule has 154 valence electrons. The minimum absolute atomic E-state index is 0.00664. The molecule has 1 unspecified atom stereocenters. The van der Waals surface area contributed by atoms with Gasteiger partial charge in [-0.1, -0.05) is 34.1 Å². The van der Waals surface area contributed by atoms with Crippen LogP contribution < -0.4 is 10.6 Å². The summed E-state index contributed by atoms with van der Waals surface area (Å²) in [7, 11) is 0. The highest BCUT2D eigenvalue weighted by molar-refractivity contribution is 9.10. The van der Waals surface area contributed by atoms with Gasteiger partial charge in [0.25, 0.3) is 0 Å². The first kappa shape index (κ1) is 21.5. The fraction of sp³-hybridized carbons (Fsp3) is 0.409. The first-order valence-corrected chi connectivity index (χ1v) is 10.7. The van der Waals surface area contributed by atoms with Gasteiger partial charge in [-0.2, -0.15) is 0 Å². The van der Waals surface area contributed by atoms with E-state index >= 15 is 0 Å². The molecule has 0 radical (unpaired) electrons. The minimum Gasteiger partial charge on any atom is -0.348 e. The lowest BCUT2D eigenvalue weighted by atomic mass is 9.96. The Morgan fingerprint density at radius 3 is 2.48 bits per heavy atom. The molecular weight excluding hydrogens is 432 g/mol. The number of carbonyl (C=O) groups is 2.